The molecule has 2 atom stereocenters. The number of ether oxygens (including phenoxy) is 2. The average Bonchev–Trinajstić information content (AvgIpc) is 2.48. The first-order valence-electron chi connectivity index (χ1n) is 7.85. The van der Waals surface area contributed by atoms with Crippen molar-refractivity contribution in [2.45, 2.75) is 45.3 Å². The molecule has 0 fully saturated rings. The van der Waals surface area contributed by atoms with Crippen molar-refractivity contribution in [3.05, 3.63) is 35.4 Å². The highest BCUT2D eigenvalue weighted by Gasteiger charge is 2.23. The molecule has 3 nitrogen and oxygen atoms in total. The van der Waals surface area contributed by atoms with Crippen LogP contribution in [0.4, 0.5) is 0 Å². The first-order valence-corrected chi connectivity index (χ1v) is 7.85. The van der Waals surface area contributed by atoms with E-state index in [0.717, 1.165) is 45.6 Å². The minimum atomic E-state index is 0.227. The van der Waals surface area contributed by atoms with Gasteiger partial charge in [0.05, 0.1) is 12.7 Å². The molecular formula is C17H27NO2. The third-order valence-corrected chi connectivity index (χ3v) is 3.90. The highest BCUT2D eigenvalue weighted by molar-refractivity contribution is 5.31. The minimum absolute atomic E-state index is 0.227. The molecule has 0 spiro atoms. The molecule has 1 aromatic carbocycles. The van der Waals surface area contributed by atoms with Gasteiger partial charge in [-0.25, -0.2) is 0 Å². The summed E-state index contributed by atoms with van der Waals surface area (Å²) < 4.78 is 11.5. The number of hydrogen-bond donors (Lipinski definition) is 1. The van der Waals surface area contributed by atoms with Crippen LogP contribution in [0.3, 0.4) is 0 Å². The van der Waals surface area contributed by atoms with Crippen LogP contribution in [-0.4, -0.2) is 32.4 Å². The van der Waals surface area contributed by atoms with Gasteiger partial charge in [-0.1, -0.05) is 31.2 Å². The molecule has 1 aromatic rings. The van der Waals surface area contributed by atoms with E-state index < -0.39 is 0 Å². The largest absolute Gasteiger partial charge is 0.382 e. The molecule has 0 amide bonds. The number of nitrogens with one attached hydrogen (secondary N) is 1. The SMILES string of the molecule is CCNC(CCOCC)CC1OCCc2ccccc21. The monoisotopic (exact) mass is 277 g/mol. The number of fused-ring (bicyclic) bond motifs is 1. The van der Waals surface area contributed by atoms with Crippen molar-refractivity contribution in [2.75, 3.05) is 26.4 Å². The molecule has 2 rings (SSSR count). The summed E-state index contributed by atoms with van der Waals surface area (Å²) in [4.78, 5) is 0. The fourth-order valence-electron chi connectivity index (χ4n) is 2.89. The molecule has 20 heavy (non-hydrogen) atoms. The normalized spacial score (nSPS) is 19.6. The molecule has 112 valence electrons. The van der Waals surface area contributed by atoms with Crippen LogP contribution in [0.25, 0.3) is 0 Å². The second-order valence-corrected chi connectivity index (χ2v) is 5.28. The second kappa shape index (κ2) is 8.40. The summed E-state index contributed by atoms with van der Waals surface area (Å²) in [5, 5.41) is 3.56. The maximum Gasteiger partial charge on any atom is 0.0842 e. The van der Waals surface area contributed by atoms with Gasteiger partial charge in [-0.2, -0.15) is 0 Å². The third kappa shape index (κ3) is 4.30. The van der Waals surface area contributed by atoms with Gasteiger partial charge in [-0.15, -0.1) is 0 Å². The quantitative estimate of drug-likeness (QED) is 0.741. The topological polar surface area (TPSA) is 30.5 Å². The Kier molecular flexibility index (Phi) is 6.51. The molecule has 1 aliphatic rings. The van der Waals surface area contributed by atoms with Gasteiger partial charge in [0, 0.05) is 19.3 Å². The van der Waals surface area contributed by atoms with Gasteiger partial charge in [0.25, 0.3) is 0 Å². The fourth-order valence-corrected chi connectivity index (χ4v) is 2.89. The van der Waals surface area contributed by atoms with Crippen molar-refractivity contribution < 1.29 is 9.47 Å². The Morgan fingerprint density at radius 1 is 1.35 bits per heavy atom. The van der Waals surface area contributed by atoms with Gasteiger partial charge in [0.2, 0.25) is 0 Å². The zero-order valence-electron chi connectivity index (χ0n) is 12.7. The fraction of sp³-hybridized carbons (Fsp3) is 0.647. The molecular weight excluding hydrogens is 250 g/mol. The smallest absolute Gasteiger partial charge is 0.0842 e. The minimum Gasteiger partial charge on any atom is -0.382 e. The van der Waals surface area contributed by atoms with Crippen LogP contribution in [-0.2, 0) is 15.9 Å². The van der Waals surface area contributed by atoms with E-state index in [1.807, 2.05) is 6.92 Å². The Labute approximate surface area is 122 Å². The summed E-state index contributed by atoms with van der Waals surface area (Å²) in [7, 11) is 0. The van der Waals surface area contributed by atoms with Crippen molar-refractivity contribution in [2.24, 2.45) is 0 Å². The van der Waals surface area contributed by atoms with Gasteiger partial charge in [0.15, 0.2) is 0 Å². The van der Waals surface area contributed by atoms with E-state index >= 15 is 0 Å². The molecule has 0 aromatic heterocycles. The molecule has 1 aliphatic heterocycles. The van der Waals surface area contributed by atoms with Gasteiger partial charge < -0.3 is 14.8 Å². The highest BCUT2D eigenvalue weighted by Crippen LogP contribution is 2.30. The Balaban J connectivity index is 1.96. The zero-order valence-corrected chi connectivity index (χ0v) is 12.7. The Hall–Kier alpha value is -0.900. The van der Waals surface area contributed by atoms with Crippen molar-refractivity contribution >= 4 is 0 Å². The van der Waals surface area contributed by atoms with E-state index in [4.69, 9.17) is 9.47 Å². The van der Waals surface area contributed by atoms with Gasteiger partial charge in [-0.3, -0.25) is 0 Å². The highest BCUT2D eigenvalue weighted by atomic mass is 16.5. The molecule has 2 unspecified atom stereocenters. The van der Waals surface area contributed by atoms with Gasteiger partial charge in [-0.05, 0) is 43.9 Å². The van der Waals surface area contributed by atoms with Crippen molar-refractivity contribution in [1.29, 1.82) is 0 Å². The lowest BCUT2D eigenvalue weighted by atomic mass is 9.93. The van der Waals surface area contributed by atoms with E-state index in [1.54, 1.807) is 0 Å². The zero-order chi connectivity index (χ0) is 14.2. The first-order chi connectivity index (χ1) is 9.85. The Morgan fingerprint density at radius 3 is 3.00 bits per heavy atom. The predicted octanol–water partition coefficient (Wildman–Crippen LogP) is 3.10. The first kappa shape index (κ1) is 15.5. The van der Waals surface area contributed by atoms with Crippen LogP contribution >= 0.6 is 0 Å². The summed E-state index contributed by atoms with van der Waals surface area (Å²) >= 11 is 0. The lowest BCUT2D eigenvalue weighted by molar-refractivity contribution is 0.0260. The van der Waals surface area contributed by atoms with E-state index in [0.29, 0.717) is 6.04 Å². The third-order valence-electron chi connectivity index (χ3n) is 3.90. The molecule has 3 heteroatoms. The van der Waals surface area contributed by atoms with Gasteiger partial charge in [0.1, 0.15) is 0 Å². The number of rotatable bonds is 8. The van der Waals surface area contributed by atoms with E-state index in [2.05, 4.69) is 36.5 Å². The van der Waals surface area contributed by atoms with Crippen molar-refractivity contribution in [1.82, 2.24) is 5.32 Å². The molecule has 0 radical (unpaired) electrons. The van der Waals surface area contributed by atoms with Crippen LogP contribution in [0.2, 0.25) is 0 Å². The molecule has 1 N–H and O–H groups in total. The Morgan fingerprint density at radius 2 is 2.20 bits per heavy atom. The molecule has 0 bridgehead atoms. The molecule has 0 aliphatic carbocycles. The van der Waals surface area contributed by atoms with E-state index in [1.165, 1.54) is 11.1 Å². The molecule has 1 heterocycles. The summed E-state index contributed by atoms with van der Waals surface area (Å²) in [6, 6.07) is 9.14. The van der Waals surface area contributed by atoms with Crippen LogP contribution in [0.5, 0.6) is 0 Å². The number of hydrogen-bond acceptors (Lipinski definition) is 3. The van der Waals surface area contributed by atoms with Crippen LogP contribution < -0.4 is 5.32 Å². The second-order valence-electron chi connectivity index (χ2n) is 5.28. The summed E-state index contributed by atoms with van der Waals surface area (Å²) in [6.45, 7) is 7.65. The lowest BCUT2D eigenvalue weighted by Crippen LogP contribution is -2.33. The standard InChI is InChI=1S/C17H27NO2/c1-3-18-15(10-11-19-4-2)13-17-16-8-6-5-7-14(16)9-12-20-17/h5-8,15,17-18H,3-4,9-13H2,1-2H3. The maximum atomic E-state index is 6.01. The van der Waals surface area contributed by atoms with Crippen molar-refractivity contribution in [3.8, 4) is 0 Å². The lowest BCUT2D eigenvalue weighted by Gasteiger charge is -2.29. The summed E-state index contributed by atoms with van der Waals surface area (Å²) in [6.07, 6.45) is 3.34. The maximum absolute atomic E-state index is 6.01. The van der Waals surface area contributed by atoms with Crippen molar-refractivity contribution in [3.63, 3.8) is 0 Å². The van der Waals surface area contributed by atoms with E-state index in [9.17, 15) is 0 Å². The van der Waals surface area contributed by atoms with Crippen LogP contribution in [0.1, 0.15) is 43.9 Å². The summed E-state index contributed by atoms with van der Waals surface area (Å²) in [5.74, 6) is 0. The van der Waals surface area contributed by atoms with Gasteiger partial charge >= 0.3 is 0 Å². The van der Waals surface area contributed by atoms with Crippen LogP contribution in [0.15, 0.2) is 24.3 Å². The summed E-state index contributed by atoms with van der Waals surface area (Å²) in [5.41, 5.74) is 2.82. The average molecular weight is 277 g/mol. The van der Waals surface area contributed by atoms with Crippen LogP contribution in [0, 0.1) is 0 Å². The molecule has 0 saturated carbocycles. The molecule has 0 saturated heterocycles. The van der Waals surface area contributed by atoms with E-state index in [-0.39, 0.29) is 6.10 Å². The number of benzene rings is 1. The predicted molar refractivity (Wildman–Crippen MR) is 82.0 cm³/mol. The Bertz CT molecular complexity index is 394.